The molecule has 3 aromatic rings. The lowest BCUT2D eigenvalue weighted by atomic mass is 10.1. The van der Waals surface area contributed by atoms with Crippen molar-refractivity contribution < 1.29 is 29.0 Å². The highest BCUT2D eigenvalue weighted by molar-refractivity contribution is 9.10. The van der Waals surface area contributed by atoms with E-state index < -0.39 is 17.8 Å². The van der Waals surface area contributed by atoms with Crippen LogP contribution in [0.3, 0.4) is 0 Å². The van der Waals surface area contributed by atoms with Crippen molar-refractivity contribution in [2.75, 3.05) is 11.5 Å². The van der Waals surface area contributed by atoms with Gasteiger partial charge in [-0.3, -0.25) is 14.9 Å². The Morgan fingerprint density at radius 2 is 1.71 bits per heavy atom. The lowest BCUT2D eigenvalue weighted by molar-refractivity contribution is -0.122. The number of barbiturate groups is 1. The number of hydrogen-bond donors (Lipinski definition) is 2. The van der Waals surface area contributed by atoms with E-state index in [9.17, 15) is 19.5 Å². The van der Waals surface area contributed by atoms with E-state index in [1.165, 1.54) is 30.3 Å². The Labute approximate surface area is 209 Å². The van der Waals surface area contributed by atoms with Gasteiger partial charge in [-0.25, -0.2) is 9.69 Å². The largest absolute Gasteiger partial charge is 0.508 e. The second-order valence-corrected chi connectivity index (χ2v) is 8.35. The van der Waals surface area contributed by atoms with Gasteiger partial charge in [-0.15, -0.1) is 0 Å². The van der Waals surface area contributed by atoms with Gasteiger partial charge in [0.1, 0.15) is 17.9 Å². The van der Waals surface area contributed by atoms with Crippen LogP contribution in [0.25, 0.3) is 6.08 Å². The number of nitrogens with zero attached hydrogens (tertiary/aromatic N) is 1. The first-order valence-electron chi connectivity index (χ1n) is 10.7. The summed E-state index contributed by atoms with van der Waals surface area (Å²) in [5.74, 6) is -0.649. The van der Waals surface area contributed by atoms with Crippen molar-refractivity contribution >= 4 is 45.5 Å². The Balaban J connectivity index is 1.61. The Kier molecular flexibility index (Phi) is 7.17. The molecule has 0 spiro atoms. The van der Waals surface area contributed by atoms with Gasteiger partial charge in [-0.1, -0.05) is 40.2 Å². The van der Waals surface area contributed by atoms with Crippen LogP contribution in [0.2, 0.25) is 0 Å². The number of carbonyl (C=O) groups excluding carboxylic acids is 3. The summed E-state index contributed by atoms with van der Waals surface area (Å²) in [7, 11) is 0. The van der Waals surface area contributed by atoms with Gasteiger partial charge < -0.3 is 14.6 Å². The Morgan fingerprint density at radius 1 is 0.971 bits per heavy atom. The van der Waals surface area contributed by atoms with E-state index in [0.717, 1.165) is 14.9 Å². The molecule has 0 radical (unpaired) electrons. The summed E-state index contributed by atoms with van der Waals surface area (Å²) in [6, 6.07) is 17.4. The fourth-order valence-electron chi connectivity index (χ4n) is 3.43. The molecule has 0 aliphatic carbocycles. The zero-order valence-electron chi connectivity index (χ0n) is 18.7. The number of carbonyl (C=O) groups is 3. The molecule has 1 aliphatic rings. The van der Waals surface area contributed by atoms with E-state index in [-0.39, 0.29) is 17.0 Å². The molecule has 1 heterocycles. The van der Waals surface area contributed by atoms with Crippen LogP contribution in [0.1, 0.15) is 18.1 Å². The number of halogens is 1. The fraction of sp³-hybridized carbons (Fsp3) is 0.115. The molecule has 8 nitrogen and oxygen atoms in total. The maximum absolute atomic E-state index is 13.1. The molecule has 3 aromatic carbocycles. The molecule has 0 aromatic heterocycles. The van der Waals surface area contributed by atoms with E-state index in [2.05, 4.69) is 21.2 Å². The third-order valence-electron chi connectivity index (χ3n) is 5.13. The molecule has 2 N–H and O–H groups in total. The summed E-state index contributed by atoms with van der Waals surface area (Å²) >= 11 is 3.50. The molecule has 0 bridgehead atoms. The molecular formula is C26H21BrN2O6. The molecule has 35 heavy (non-hydrogen) atoms. The van der Waals surface area contributed by atoms with Crippen LogP contribution in [-0.4, -0.2) is 29.6 Å². The highest BCUT2D eigenvalue weighted by atomic mass is 79.9. The number of rotatable bonds is 7. The summed E-state index contributed by atoms with van der Waals surface area (Å²) in [4.78, 5) is 38.7. The van der Waals surface area contributed by atoms with E-state index in [1.54, 1.807) is 18.2 Å². The number of aromatic hydroxyl groups is 1. The van der Waals surface area contributed by atoms with Crippen LogP contribution in [0.15, 0.2) is 76.8 Å². The molecule has 1 saturated heterocycles. The smallest absolute Gasteiger partial charge is 0.335 e. The van der Waals surface area contributed by atoms with Crippen molar-refractivity contribution in [1.29, 1.82) is 0 Å². The number of nitrogens with one attached hydrogen (secondary N) is 1. The number of amides is 4. The number of urea groups is 1. The number of hydrogen-bond acceptors (Lipinski definition) is 6. The zero-order chi connectivity index (χ0) is 24.9. The average Bonchev–Trinajstić information content (AvgIpc) is 2.83. The van der Waals surface area contributed by atoms with Gasteiger partial charge >= 0.3 is 6.03 Å². The minimum atomic E-state index is -0.867. The zero-order valence-corrected chi connectivity index (χ0v) is 20.2. The summed E-state index contributed by atoms with van der Waals surface area (Å²) in [5.41, 5.74) is 1.47. The van der Waals surface area contributed by atoms with Gasteiger partial charge in [0.15, 0.2) is 11.5 Å². The van der Waals surface area contributed by atoms with Crippen molar-refractivity contribution in [3.05, 3.63) is 87.9 Å². The van der Waals surface area contributed by atoms with Gasteiger partial charge in [0.25, 0.3) is 11.8 Å². The minimum absolute atomic E-state index is 0.0177. The number of phenolic OH excluding ortho intramolecular Hbond substituents is 1. The standard InChI is InChI=1S/C26H21BrN2O6/c1-2-34-23-14-16(7-12-22(23)35-15-17-5-3-4-6-21(17)27)13-20-24(31)28-26(33)29(25(20)32)18-8-10-19(30)11-9-18/h3-14,30H,2,15H2,1H3,(H,28,31,33)/b20-13+. The van der Waals surface area contributed by atoms with Crippen LogP contribution in [-0.2, 0) is 16.2 Å². The molecule has 9 heteroatoms. The molecule has 178 valence electrons. The molecule has 1 aliphatic heterocycles. The highest BCUT2D eigenvalue weighted by Crippen LogP contribution is 2.31. The van der Waals surface area contributed by atoms with Crippen LogP contribution in [0.5, 0.6) is 17.2 Å². The van der Waals surface area contributed by atoms with Crippen molar-refractivity contribution in [3.8, 4) is 17.2 Å². The van der Waals surface area contributed by atoms with Gasteiger partial charge in [-0.2, -0.15) is 0 Å². The predicted molar refractivity (Wildman–Crippen MR) is 133 cm³/mol. The predicted octanol–water partition coefficient (Wildman–Crippen LogP) is 4.80. The number of ether oxygens (including phenoxy) is 2. The van der Waals surface area contributed by atoms with Gasteiger partial charge in [0.05, 0.1) is 12.3 Å². The quantitative estimate of drug-likeness (QED) is 0.332. The first kappa shape index (κ1) is 24.0. The Morgan fingerprint density at radius 3 is 2.43 bits per heavy atom. The molecule has 0 saturated carbocycles. The number of anilines is 1. The molecular weight excluding hydrogens is 516 g/mol. The average molecular weight is 537 g/mol. The van der Waals surface area contributed by atoms with Crippen LogP contribution < -0.4 is 19.7 Å². The summed E-state index contributed by atoms with van der Waals surface area (Å²) in [6.45, 7) is 2.53. The van der Waals surface area contributed by atoms with Gasteiger partial charge in [0.2, 0.25) is 0 Å². The third kappa shape index (κ3) is 5.36. The van der Waals surface area contributed by atoms with Crippen LogP contribution >= 0.6 is 15.9 Å². The van der Waals surface area contributed by atoms with Crippen molar-refractivity contribution in [1.82, 2.24) is 5.32 Å². The molecule has 4 amide bonds. The second kappa shape index (κ2) is 10.4. The topological polar surface area (TPSA) is 105 Å². The lowest BCUT2D eigenvalue weighted by Crippen LogP contribution is -2.54. The molecule has 1 fully saturated rings. The molecule has 0 unspecified atom stereocenters. The Hall–Kier alpha value is -4.11. The lowest BCUT2D eigenvalue weighted by Gasteiger charge is -2.26. The summed E-state index contributed by atoms with van der Waals surface area (Å²) < 4.78 is 12.6. The summed E-state index contributed by atoms with van der Waals surface area (Å²) in [6.07, 6.45) is 1.39. The SMILES string of the molecule is CCOc1cc(/C=C2\C(=O)NC(=O)N(c3ccc(O)cc3)C2=O)ccc1OCc1ccccc1Br. The maximum Gasteiger partial charge on any atom is 0.335 e. The van der Waals surface area contributed by atoms with Gasteiger partial charge in [0, 0.05) is 10.0 Å². The van der Waals surface area contributed by atoms with Crippen LogP contribution in [0.4, 0.5) is 10.5 Å². The molecule has 4 rings (SSSR count). The first-order valence-corrected chi connectivity index (χ1v) is 11.5. The Bertz CT molecular complexity index is 1320. The van der Waals surface area contributed by atoms with E-state index in [1.807, 2.05) is 31.2 Å². The van der Waals surface area contributed by atoms with E-state index >= 15 is 0 Å². The molecule has 0 atom stereocenters. The van der Waals surface area contributed by atoms with Gasteiger partial charge in [-0.05, 0) is 61.0 Å². The summed E-state index contributed by atoms with van der Waals surface area (Å²) in [5, 5.41) is 11.7. The first-order chi connectivity index (χ1) is 16.9. The van der Waals surface area contributed by atoms with E-state index in [0.29, 0.717) is 30.3 Å². The number of imide groups is 2. The van der Waals surface area contributed by atoms with Crippen molar-refractivity contribution in [2.24, 2.45) is 0 Å². The van der Waals surface area contributed by atoms with Crippen LogP contribution in [0, 0.1) is 0 Å². The van der Waals surface area contributed by atoms with Crippen molar-refractivity contribution in [2.45, 2.75) is 13.5 Å². The monoisotopic (exact) mass is 536 g/mol. The third-order valence-corrected chi connectivity index (χ3v) is 5.90. The van der Waals surface area contributed by atoms with Crippen molar-refractivity contribution in [3.63, 3.8) is 0 Å². The fourth-order valence-corrected chi connectivity index (χ4v) is 3.83. The normalized spacial score (nSPS) is 14.7. The number of benzene rings is 3. The maximum atomic E-state index is 13.1. The second-order valence-electron chi connectivity index (χ2n) is 7.49. The minimum Gasteiger partial charge on any atom is -0.508 e. The highest BCUT2D eigenvalue weighted by Gasteiger charge is 2.36. The van der Waals surface area contributed by atoms with E-state index in [4.69, 9.17) is 9.47 Å². The number of phenols is 1.